The molecular weight excluding hydrogens is 382 g/mol. The van der Waals surface area contributed by atoms with Crippen LogP contribution in [0.4, 0.5) is 20.2 Å². The van der Waals surface area contributed by atoms with Gasteiger partial charge in [-0.25, -0.2) is 8.78 Å². The van der Waals surface area contributed by atoms with Crippen molar-refractivity contribution in [2.75, 3.05) is 11.1 Å². The van der Waals surface area contributed by atoms with Crippen molar-refractivity contribution in [3.63, 3.8) is 0 Å². The summed E-state index contributed by atoms with van der Waals surface area (Å²) in [7, 11) is 0. The summed E-state index contributed by atoms with van der Waals surface area (Å²) in [6, 6.07) is 8.25. The number of halogens is 2. The highest BCUT2D eigenvalue weighted by Crippen LogP contribution is 2.21. The van der Waals surface area contributed by atoms with Crippen molar-refractivity contribution in [3.05, 3.63) is 64.2 Å². The maximum absolute atomic E-state index is 13.5. The third-order valence-corrected chi connectivity index (χ3v) is 4.26. The van der Waals surface area contributed by atoms with E-state index < -0.39 is 34.5 Å². The van der Waals surface area contributed by atoms with Crippen molar-refractivity contribution >= 4 is 35.0 Å². The van der Waals surface area contributed by atoms with Crippen LogP contribution in [-0.4, -0.2) is 28.7 Å². The Bertz CT molecular complexity index is 861. The standard InChI is InChI=1S/C17H14F2N2O5S/c1-10(17(23)20-15-7-2-11(18)8-14(15)19)26-16(22)9-27-13-5-3-12(4-6-13)21(24)25/h2-8,10H,9H2,1H3,(H,20,23)/t10-/m1/s1. The average molecular weight is 396 g/mol. The zero-order valence-corrected chi connectivity index (χ0v) is 14.8. The fraction of sp³-hybridized carbons (Fsp3) is 0.176. The normalized spacial score (nSPS) is 11.5. The number of ether oxygens (including phenoxy) is 1. The summed E-state index contributed by atoms with van der Waals surface area (Å²) in [6.07, 6.45) is -1.19. The van der Waals surface area contributed by atoms with Gasteiger partial charge in [-0.3, -0.25) is 19.7 Å². The van der Waals surface area contributed by atoms with Crippen LogP contribution in [0.3, 0.4) is 0 Å². The van der Waals surface area contributed by atoms with Crippen molar-refractivity contribution in [2.45, 2.75) is 17.9 Å². The minimum absolute atomic E-state index is 0.0692. The lowest BCUT2D eigenvalue weighted by Gasteiger charge is -2.14. The number of hydrogen-bond donors (Lipinski definition) is 1. The van der Waals surface area contributed by atoms with Crippen LogP contribution in [0.15, 0.2) is 47.4 Å². The summed E-state index contributed by atoms with van der Waals surface area (Å²) in [4.78, 5) is 34.4. The number of carbonyl (C=O) groups excluding carboxylic acids is 2. The molecule has 0 spiro atoms. The molecule has 0 aliphatic heterocycles. The highest BCUT2D eigenvalue weighted by molar-refractivity contribution is 8.00. The Morgan fingerprint density at radius 2 is 1.89 bits per heavy atom. The van der Waals surface area contributed by atoms with Crippen LogP contribution >= 0.6 is 11.8 Å². The number of benzene rings is 2. The largest absolute Gasteiger partial charge is 0.452 e. The number of nitro groups is 1. The lowest BCUT2D eigenvalue weighted by Crippen LogP contribution is -2.30. The van der Waals surface area contributed by atoms with Crippen molar-refractivity contribution < 1.29 is 28.0 Å². The Morgan fingerprint density at radius 3 is 2.48 bits per heavy atom. The first-order valence-corrected chi connectivity index (χ1v) is 8.57. The third kappa shape index (κ3) is 6.03. The van der Waals surface area contributed by atoms with Gasteiger partial charge in [0, 0.05) is 23.1 Å². The Morgan fingerprint density at radius 1 is 1.22 bits per heavy atom. The molecule has 27 heavy (non-hydrogen) atoms. The lowest BCUT2D eigenvalue weighted by molar-refractivity contribution is -0.384. The second-order valence-corrected chi connectivity index (χ2v) is 6.33. The summed E-state index contributed by atoms with van der Waals surface area (Å²) in [6.45, 7) is 1.31. The highest BCUT2D eigenvalue weighted by atomic mass is 32.2. The summed E-state index contributed by atoms with van der Waals surface area (Å²) in [5.41, 5.74) is -0.301. The van der Waals surface area contributed by atoms with Crippen LogP contribution in [0.25, 0.3) is 0 Å². The molecule has 0 saturated heterocycles. The Balaban J connectivity index is 1.83. The first-order valence-electron chi connectivity index (χ1n) is 7.59. The molecule has 0 unspecified atom stereocenters. The van der Waals surface area contributed by atoms with Crippen LogP contribution in [0.2, 0.25) is 0 Å². The molecule has 1 atom stereocenters. The maximum Gasteiger partial charge on any atom is 0.317 e. The molecule has 0 fully saturated rings. The molecule has 0 heterocycles. The quantitative estimate of drug-likeness (QED) is 0.333. The Kier molecular flexibility index (Phi) is 6.83. The number of non-ortho nitro benzene ring substituents is 1. The molecule has 2 aromatic rings. The predicted molar refractivity (Wildman–Crippen MR) is 94.4 cm³/mol. The van der Waals surface area contributed by atoms with E-state index in [1.165, 1.54) is 31.2 Å². The summed E-state index contributed by atoms with van der Waals surface area (Å²) >= 11 is 1.08. The van der Waals surface area contributed by atoms with Gasteiger partial charge in [-0.2, -0.15) is 0 Å². The van der Waals surface area contributed by atoms with Gasteiger partial charge < -0.3 is 10.1 Å². The van der Waals surface area contributed by atoms with Gasteiger partial charge in [0.15, 0.2) is 6.10 Å². The Labute approximate surface area is 156 Å². The predicted octanol–water partition coefficient (Wildman–Crippen LogP) is 3.54. The molecule has 0 aliphatic rings. The number of rotatable bonds is 7. The fourth-order valence-corrected chi connectivity index (χ4v) is 2.60. The van der Waals surface area contributed by atoms with Crippen LogP contribution in [0.1, 0.15) is 6.92 Å². The fourth-order valence-electron chi connectivity index (χ4n) is 1.92. The summed E-state index contributed by atoms with van der Waals surface area (Å²) in [5.74, 6) is -3.32. The van der Waals surface area contributed by atoms with E-state index in [1.807, 2.05) is 0 Å². The molecule has 0 radical (unpaired) electrons. The van der Waals surface area contributed by atoms with Gasteiger partial charge >= 0.3 is 5.97 Å². The zero-order valence-electron chi connectivity index (χ0n) is 14.0. The number of hydrogen-bond acceptors (Lipinski definition) is 6. The SMILES string of the molecule is C[C@@H](OC(=O)CSc1ccc([N+](=O)[O-])cc1)C(=O)Nc1ccc(F)cc1F. The molecular formula is C17H14F2N2O5S. The van der Waals surface area contributed by atoms with E-state index in [0.717, 1.165) is 23.9 Å². The minimum Gasteiger partial charge on any atom is -0.452 e. The first-order chi connectivity index (χ1) is 12.8. The maximum atomic E-state index is 13.5. The monoisotopic (exact) mass is 396 g/mol. The van der Waals surface area contributed by atoms with Gasteiger partial charge in [-0.05, 0) is 31.2 Å². The number of nitrogens with zero attached hydrogens (tertiary/aromatic N) is 1. The molecule has 1 amide bonds. The van der Waals surface area contributed by atoms with Crippen molar-refractivity contribution in [1.82, 2.24) is 0 Å². The number of esters is 1. The van der Waals surface area contributed by atoms with E-state index >= 15 is 0 Å². The third-order valence-electron chi connectivity index (χ3n) is 3.27. The van der Waals surface area contributed by atoms with E-state index in [2.05, 4.69) is 5.32 Å². The highest BCUT2D eigenvalue weighted by Gasteiger charge is 2.19. The molecule has 2 rings (SSSR count). The van der Waals surface area contributed by atoms with Crippen LogP contribution < -0.4 is 5.32 Å². The number of amides is 1. The van der Waals surface area contributed by atoms with Gasteiger partial charge in [0.1, 0.15) is 11.6 Å². The molecule has 7 nitrogen and oxygen atoms in total. The molecule has 0 saturated carbocycles. The number of anilines is 1. The average Bonchev–Trinajstić information content (AvgIpc) is 2.62. The zero-order chi connectivity index (χ0) is 20.0. The second-order valence-electron chi connectivity index (χ2n) is 5.29. The van der Waals surface area contributed by atoms with Crippen LogP contribution in [0.5, 0.6) is 0 Å². The van der Waals surface area contributed by atoms with Gasteiger partial charge in [0.2, 0.25) is 0 Å². The molecule has 0 aliphatic carbocycles. The number of nitro benzene ring substituents is 1. The molecule has 0 bridgehead atoms. The minimum atomic E-state index is -1.19. The van der Waals surface area contributed by atoms with Crippen LogP contribution in [0, 0.1) is 21.7 Å². The van der Waals surface area contributed by atoms with Gasteiger partial charge in [-0.15, -0.1) is 11.8 Å². The van der Waals surface area contributed by atoms with Gasteiger partial charge in [0.05, 0.1) is 16.4 Å². The first kappa shape index (κ1) is 20.3. The summed E-state index contributed by atoms with van der Waals surface area (Å²) < 4.78 is 31.3. The number of nitrogens with one attached hydrogen (secondary N) is 1. The molecule has 1 N–H and O–H groups in total. The van der Waals surface area contributed by atoms with E-state index in [4.69, 9.17) is 4.74 Å². The van der Waals surface area contributed by atoms with E-state index in [0.29, 0.717) is 11.0 Å². The lowest BCUT2D eigenvalue weighted by atomic mass is 10.2. The molecule has 142 valence electrons. The number of carbonyl (C=O) groups is 2. The van der Waals surface area contributed by atoms with Gasteiger partial charge in [-0.1, -0.05) is 0 Å². The summed E-state index contributed by atoms with van der Waals surface area (Å²) in [5, 5.41) is 12.8. The van der Waals surface area contributed by atoms with Crippen LogP contribution in [-0.2, 0) is 14.3 Å². The smallest absolute Gasteiger partial charge is 0.317 e. The second kappa shape index (κ2) is 9.08. The van der Waals surface area contributed by atoms with E-state index in [1.54, 1.807) is 0 Å². The van der Waals surface area contributed by atoms with Gasteiger partial charge in [0.25, 0.3) is 11.6 Å². The Hall–Kier alpha value is -3.01. The van der Waals surface area contributed by atoms with Crippen molar-refractivity contribution in [1.29, 1.82) is 0 Å². The van der Waals surface area contributed by atoms with Crippen molar-refractivity contribution in [2.24, 2.45) is 0 Å². The number of thioether (sulfide) groups is 1. The van der Waals surface area contributed by atoms with Crippen molar-refractivity contribution in [3.8, 4) is 0 Å². The van der Waals surface area contributed by atoms with E-state index in [-0.39, 0.29) is 17.1 Å². The topological polar surface area (TPSA) is 98.5 Å². The molecule has 0 aromatic heterocycles. The molecule has 2 aromatic carbocycles. The molecule has 10 heteroatoms. The van der Waals surface area contributed by atoms with E-state index in [9.17, 15) is 28.5 Å².